The van der Waals surface area contributed by atoms with Gasteiger partial charge in [0.25, 0.3) is 5.91 Å². The maximum Gasteiger partial charge on any atom is 0.269 e. The van der Waals surface area contributed by atoms with Crippen molar-refractivity contribution in [2.75, 3.05) is 31.1 Å². The van der Waals surface area contributed by atoms with E-state index in [9.17, 15) is 14.7 Å². The molecular weight excluding hydrogens is 478 g/mol. The molecule has 5 rings (SSSR count). The van der Waals surface area contributed by atoms with E-state index in [0.717, 1.165) is 69.2 Å². The Morgan fingerprint density at radius 3 is 2.61 bits per heavy atom. The molecule has 3 aliphatic rings. The van der Waals surface area contributed by atoms with Crippen LogP contribution in [0.3, 0.4) is 0 Å². The zero-order valence-electron chi connectivity index (χ0n) is 20.8. The van der Waals surface area contributed by atoms with E-state index in [0.29, 0.717) is 29.6 Å². The number of nitrogens with zero attached hydrogens (tertiary/aromatic N) is 4. The first kappa shape index (κ1) is 25.0. The molecular formula is C27H34ClN5O3. The van der Waals surface area contributed by atoms with Crippen molar-refractivity contribution >= 4 is 29.2 Å². The molecule has 192 valence electrons. The average molecular weight is 512 g/mol. The van der Waals surface area contributed by atoms with E-state index < -0.39 is 0 Å². The van der Waals surface area contributed by atoms with Gasteiger partial charge in [0.1, 0.15) is 11.5 Å². The fraction of sp³-hybridized carbons (Fsp3) is 0.556. The smallest absolute Gasteiger partial charge is 0.269 e. The highest BCUT2D eigenvalue weighted by molar-refractivity contribution is 6.33. The molecule has 1 aliphatic carbocycles. The van der Waals surface area contributed by atoms with E-state index in [2.05, 4.69) is 20.1 Å². The predicted molar refractivity (Wildman–Crippen MR) is 139 cm³/mol. The standard InChI is InChI=1S/C27H34ClN5O3/c1-2-29-25(35)23-9-4-18(15-30-23)19-14-22(28)24(31-16-19)32-12-3-10-27(17-32)11-13-33(26(27)36)20-5-7-21(34)8-6-20/h4,9,14-16,20-21,34H,2-3,5-8,10-13,17H2,1H3,(H,29,35)/t20-,21+,27-/m0/s1. The highest BCUT2D eigenvalue weighted by Gasteiger charge is 2.51. The number of aliphatic hydroxyl groups is 1. The van der Waals surface area contributed by atoms with Crippen LogP contribution < -0.4 is 10.2 Å². The number of aromatic nitrogens is 2. The molecule has 2 aromatic rings. The first-order chi connectivity index (χ1) is 17.4. The van der Waals surface area contributed by atoms with Gasteiger partial charge in [0, 0.05) is 55.7 Å². The van der Waals surface area contributed by atoms with Crippen LogP contribution in [0.25, 0.3) is 11.1 Å². The number of hydrogen-bond acceptors (Lipinski definition) is 6. The van der Waals surface area contributed by atoms with Crippen LogP contribution in [0.1, 0.15) is 62.4 Å². The summed E-state index contributed by atoms with van der Waals surface area (Å²) in [6.07, 6.45) is 9.24. The topological polar surface area (TPSA) is 98.7 Å². The Morgan fingerprint density at radius 1 is 1.14 bits per heavy atom. The van der Waals surface area contributed by atoms with Crippen molar-refractivity contribution < 1.29 is 14.7 Å². The van der Waals surface area contributed by atoms with Crippen molar-refractivity contribution in [2.24, 2.45) is 5.41 Å². The Morgan fingerprint density at radius 2 is 1.92 bits per heavy atom. The molecule has 0 unspecified atom stereocenters. The Bertz CT molecular complexity index is 1120. The zero-order valence-corrected chi connectivity index (χ0v) is 21.5. The summed E-state index contributed by atoms with van der Waals surface area (Å²) in [7, 11) is 0. The number of rotatable bonds is 5. The van der Waals surface area contributed by atoms with Crippen molar-refractivity contribution in [1.29, 1.82) is 0 Å². The Hall–Kier alpha value is -2.71. The number of pyridine rings is 2. The van der Waals surface area contributed by atoms with Crippen LogP contribution in [0.15, 0.2) is 30.6 Å². The molecule has 2 N–H and O–H groups in total. The lowest BCUT2D eigenvalue weighted by atomic mass is 9.78. The van der Waals surface area contributed by atoms with E-state index in [-0.39, 0.29) is 29.4 Å². The molecule has 8 nitrogen and oxygen atoms in total. The largest absolute Gasteiger partial charge is 0.393 e. The molecule has 0 aromatic carbocycles. The molecule has 0 bridgehead atoms. The van der Waals surface area contributed by atoms with Gasteiger partial charge in [-0.1, -0.05) is 17.7 Å². The predicted octanol–water partition coefficient (Wildman–Crippen LogP) is 3.67. The fourth-order valence-electron chi connectivity index (χ4n) is 6.03. The molecule has 2 saturated heterocycles. The third-order valence-electron chi connectivity index (χ3n) is 8.02. The molecule has 2 aliphatic heterocycles. The van der Waals surface area contributed by atoms with Gasteiger partial charge >= 0.3 is 0 Å². The molecule has 3 fully saturated rings. The van der Waals surface area contributed by atoms with E-state index >= 15 is 0 Å². The lowest BCUT2D eigenvalue weighted by Gasteiger charge is -2.41. The highest BCUT2D eigenvalue weighted by atomic mass is 35.5. The van der Waals surface area contributed by atoms with Gasteiger partial charge in [0.05, 0.1) is 16.5 Å². The Kier molecular flexibility index (Phi) is 7.17. The van der Waals surface area contributed by atoms with Crippen LogP contribution in [0.4, 0.5) is 5.82 Å². The maximum atomic E-state index is 13.6. The number of aliphatic hydroxyl groups excluding tert-OH is 1. The van der Waals surface area contributed by atoms with E-state index in [1.54, 1.807) is 18.5 Å². The fourth-order valence-corrected chi connectivity index (χ4v) is 6.31. The number of hydrogen-bond donors (Lipinski definition) is 2. The monoisotopic (exact) mass is 511 g/mol. The summed E-state index contributed by atoms with van der Waals surface area (Å²) in [4.78, 5) is 38.8. The third kappa shape index (κ3) is 4.81. The number of likely N-dealkylation sites (tertiary alicyclic amines) is 1. The second-order valence-corrected chi connectivity index (χ2v) is 10.7. The number of anilines is 1. The summed E-state index contributed by atoms with van der Waals surface area (Å²) < 4.78 is 0. The van der Waals surface area contributed by atoms with Gasteiger partial charge < -0.3 is 20.2 Å². The molecule has 36 heavy (non-hydrogen) atoms. The van der Waals surface area contributed by atoms with E-state index in [4.69, 9.17) is 16.6 Å². The normalized spacial score (nSPS) is 26.5. The number of carbonyl (C=O) groups excluding carboxylic acids is 2. The average Bonchev–Trinajstić information content (AvgIpc) is 3.19. The van der Waals surface area contributed by atoms with Crippen molar-refractivity contribution in [3.63, 3.8) is 0 Å². The maximum absolute atomic E-state index is 13.6. The van der Waals surface area contributed by atoms with Gasteiger partial charge in [-0.3, -0.25) is 14.6 Å². The Balaban J connectivity index is 1.29. The second-order valence-electron chi connectivity index (χ2n) is 10.3. The SMILES string of the molecule is CCNC(=O)c1ccc(-c2cnc(N3CCC[C@]4(CCN([C@H]5CC[C@@H](O)CC5)C4=O)C3)c(Cl)c2)cn1. The minimum atomic E-state index is -0.378. The van der Waals surface area contributed by atoms with Crippen LogP contribution in [0, 0.1) is 5.41 Å². The Labute approximate surface area is 217 Å². The van der Waals surface area contributed by atoms with Gasteiger partial charge in [-0.2, -0.15) is 0 Å². The van der Waals surface area contributed by atoms with Crippen molar-refractivity contribution in [3.05, 3.63) is 41.3 Å². The molecule has 2 aromatic heterocycles. The molecule has 1 saturated carbocycles. The summed E-state index contributed by atoms with van der Waals surface area (Å²) >= 11 is 6.72. The van der Waals surface area contributed by atoms with Crippen LogP contribution in [0.5, 0.6) is 0 Å². The second kappa shape index (κ2) is 10.3. The van der Waals surface area contributed by atoms with Crippen LogP contribution in [-0.2, 0) is 4.79 Å². The number of halogens is 1. The molecule has 4 heterocycles. The number of amides is 2. The highest BCUT2D eigenvalue weighted by Crippen LogP contribution is 2.44. The summed E-state index contributed by atoms with van der Waals surface area (Å²) in [5.41, 5.74) is 1.65. The van der Waals surface area contributed by atoms with Gasteiger partial charge in [-0.15, -0.1) is 0 Å². The molecule has 1 atom stereocenters. The molecule has 0 radical (unpaired) electrons. The van der Waals surface area contributed by atoms with Crippen molar-refractivity contribution in [1.82, 2.24) is 20.2 Å². The quantitative estimate of drug-likeness (QED) is 0.635. The van der Waals surface area contributed by atoms with Gasteiger partial charge in [0.15, 0.2) is 0 Å². The summed E-state index contributed by atoms with van der Waals surface area (Å²) in [5, 5.41) is 13.1. The lowest BCUT2D eigenvalue weighted by molar-refractivity contribution is -0.139. The van der Waals surface area contributed by atoms with Crippen LogP contribution in [0.2, 0.25) is 5.02 Å². The van der Waals surface area contributed by atoms with E-state index in [1.165, 1.54) is 0 Å². The van der Waals surface area contributed by atoms with Crippen molar-refractivity contribution in [2.45, 2.75) is 64.0 Å². The summed E-state index contributed by atoms with van der Waals surface area (Å²) in [6.45, 7) is 4.67. The summed E-state index contributed by atoms with van der Waals surface area (Å²) in [6, 6.07) is 5.67. The number of nitrogens with one attached hydrogen (secondary N) is 1. The first-order valence-electron chi connectivity index (χ1n) is 13.0. The van der Waals surface area contributed by atoms with Crippen molar-refractivity contribution in [3.8, 4) is 11.1 Å². The van der Waals surface area contributed by atoms with Gasteiger partial charge in [0.2, 0.25) is 5.91 Å². The molecule has 1 spiro atoms. The molecule has 9 heteroatoms. The van der Waals surface area contributed by atoms with Gasteiger partial charge in [-0.25, -0.2) is 4.98 Å². The first-order valence-corrected chi connectivity index (χ1v) is 13.4. The third-order valence-corrected chi connectivity index (χ3v) is 8.30. The minimum Gasteiger partial charge on any atom is -0.393 e. The minimum absolute atomic E-state index is 0.198. The lowest BCUT2D eigenvalue weighted by Crippen LogP contribution is -2.50. The molecule has 2 amide bonds. The number of piperidine rings is 1. The van der Waals surface area contributed by atoms with Gasteiger partial charge in [-0.05, 0) is 64.0 Å². The summed E-state index contributed by atoms with van der Waals surface area (Å²) in [5.74, 6) is 0.772. The van der Waals surface area contributed by atoms with E-state index in [1.807, 2.05) is 19.1 Å². The zero-order chi connectivity index (χ0) is 25.3. The number of carbonyl (C=O) groups is 2. The van der Waals surface area contributed by atoms with Crippen LogP contribution >= 0.6 is 11.6 Å². The van der Waals surface area contributed by atoms with Crippen LogP contribution in [-0.4, -0.2) is 70.1 Å².